The first-order valence-electron chi connectivity index (χ1n) is 7.77. The number of carbonyl (C=O) groups is 1. The number of nitrogens with zero attached hydrogens (tertiary/aromatic N) is 1. The molecule has 1 aromatic heterocycles. The number of carbonyl (C=O) groups excluding carboxylic acids is 1. The van der Waals surface area contributed by atoms with Gasteiger partial charge in [-0.05, 0) is 44.5 Å². The minimum absolute atomic E-state index is 0.0948. The van der Waals surface area contributed by atoms with Crippen molar-refractivity contribution in [3.63, 3.8) is 0 Å². The number of aromatic nitrogens is 1. The van der Waals surface area contributed by atoms with Crippen molar-refractivity contribution in [3.8, 4) is 5.75 Å². The van der Waals surface area contributed by atoms with E-state index < -0.39 is 0 Å². The summed E-state index contributed by atoms with van der Waals surface area (Å²) in [4.78, 5) is 15.6. The lowest BCUT2D eigenvalue weighted by molar-refractivity contribution is -0.142. The fourth-order valence-electron chi connectivity index (χ4n) is 3.29. The Bertz CT molecular complexity index is 827. The van der Waals surface area contributed by atoms with Crippen molar-refractivity contribution < 1.29 is 19.0 Å². The van der Waals surface area contributed by atoms with E-state index in [2.05, 4.69) is 18.8 Å². The quantitative estimate of drug-likeness (QED) is 0.629. The predicted octanol–water partition coefficient (Wildman–Crippen LogP) is 3.22. The van der Waals surface area contributed by atoms with Crippen LogP contribution in [0.1, 0.15) is 43.7 Å². The van der Waals surface area contributed by atoms with Crippen LogP contribution in [0.3, 0.4) is 0 Å². The van der Waals surface area contributed by atoms with E-state index in [1.54, 1.807) is 0 Å². The highest BCUT2D eigenvalue weighted by Gasteiger charge is 2.56. The lowest BCUT2D eigenvalue weighted by atomic mass is 9.93. The molecule has 0 amide bonds. The number of pyridine rings is 1. The first kappa shape index (κ1) is 14.5. The second-order valence-electron chi connectivity index (χ2n) is 6.80. The van der Waals surface area contributed by atoms with Crippen molar-refractivity contribution in [1.29, 1.82) is 0 Å². The molecule has 0 spiro atoms. The molecule has 2 aliphatic rings. The van der Waals surface area contributed by atoms with Crippen LogP contribution in [0.2, 0.25) is 0 Å². The van der Waals surface area contributed by atoms with Gasteiger partial charge in [0.25, 0.3) is 0 Å². The van der Waals surface area contributed by atoms with Gasteiger partial charge in [-0.3, -0.25) is 4.79 Å². The van der Waals surface area contributed by atoms with Crippen molar-refractivity contribution in [2.75, 3.05) is 0 Å². The molecule has 4 rings (SSSR count). The Morgan fingerprint density at radius 1 is 1.35 bits per heavy atom. The van der Waals surface area contributed by atoms with Crippen LogP contribution in [-0.4, -0.2) is 22.7 Å². The van der Waals surface area contributed by atoms with E-state index in [4.69, 9.17) is 14.2 Å². The van der Waals surface area contributed by atoms with Gasteiger partial charge in [0.05, 0.1) is 11.2 Å². The summed E-state index contributed by atoms with van der Waals surface area (Å²) in [6.07, 6.45) is 0.204. The first-order chi connectivity index (χ1) is 10.8. The van der Waals surface area contributed by atoms with Crippen molar-refractivity contribution in [2.24, 2.45) is 0 Å². The number of fused-ring (bicyclic) bond motifs is 4. The van der Waals surface area contributed by atoms with Crippen LogP contribution in [-0.2, 0) is 20.9 Å². The highest BCUT2D eigenvalue weighted by molar-refractivity contribution is 5.85. The fraction of sp³-hybridized carbons (Fsp3) is 0.444. The van der Waals surface area contributed by atoms with E-state index in [0.717, 1.165) is 33.5 Å². The Morgan fingerprint density at radius 2 is 2.13 bits per heavy atom. The molecule has 1 fully saturated rings. The molecule has 0 aliphatic carbocycles. The fourth-order valence-corrected chi connectivity index (χ4v) is 3.29. The number of hydrogen-bond acceptors (Lipinski definition) is 5. The zero-order chi connectivity index (χ0) is 16.4. The minimum Gasteiger partial charge on any atom is -0.485 e. The number of epoxide rings is 1. The highest BCUT2D eigenvalue weighted by Crippen LogP contribution is 2.54. The van der Waals surface area contributed by atoms with Crippen LogP contribution in [0, 0.1) is 6.92 Å². The van der Waals surface area contributed by atoms with E-state index in [1.165, 1.54) is 6.92 Å². The van der Waals surface area contributed by atoms with Gasteiger partial charge in [-0.25, -0.2) is 4.98 Å². The molecule has 1 aromatic carbocycles. The molecule has 2 atom stereocenters. The SMILES string of the molecule is CC(=O)OCc1cc(C)c2cc3c(cc2n1)C1OC1C(C)(C)O3. The zero-order valence-corrected chi connectivity index (χ0v) is 13.7. The lowest BCUT2D eigenvalue weighted by Crippen LogP contribution is -2.37. The van der Waals surface area contributed by atoms with Crippen molar-refractivity contribution >= 4 is 16.9 Å². The normalized spacial score (nSPS) is 23.7. The van der Waals surface area contributed by atoms with Gasteiger partial charge in [0, 0.05) is 17.9 Å². The second-order valence-corrected chi connectivity index (χ2v) is 6.80. The van der Waals surface area contributed by atoms with E-state index >= 15 is 0 Å². The molecule has 2 aliphatic heterocycles. The summed E-state index contributed by atoms with van der Waals surface area (Å²) in [6, 6.07) is 6.03. The molecule has 5 nitrogen and oxygen atoms in total. The lowest BCUT2D eigenvalue weighted by Gasteiger charge is -2.29. The minimum atomic E-state index is -0.306. The van der Waals surface area contributed by atoms with E-state index in [0.29, 0.717) is 0 Å². The molecule has 2 aromatic rings. The molecule has 2 unspecified atom stereocenters. The van der Waals surface area contributed by atoms with E-state index in [-0.39, 0.29) is 30.4 Å². The Balaban J connectivity index is 1.78. The van der Waals surface area contributed by atoms with Gasteiger partial charge in [-0.1, -0.05) is 0 Å². The van der Waals surface area contributed by atoms with E-state index in [9.17, 15) is 4.79 Å². The van der Waals surface area contributed by atoms with E-state index in [1.807, 2.05) is 25.1 Å². The van der Waals surface area contributed by atoms with Crippen LogP contribution in [0.25, 0.3) is 10.9 Å². The summed E-state index contributed by atoms with van der Waals surface area (Å²) >= 11 is 0. The van der Waals surface area contributed by atoms with Gasteiger partial charge in [0.15, 0.2) is 0 Å². The molecule has 0 saturated carbocycles. The summed E-state index contributed by atoms with van der Waals surface area (Å²) in [7, 11) is 0. The molecular formula is C18H19NO4. The molecule has 0 radical (unpaired) electrons. The van der Waals surface area contributed by atoms with Gasteiger partial charge < -0.3 is 14.2 Å². The van der Waals surface area contributed by atoms with Gasteiger partial charge in [0.2, 0.25) is 0 Å². The molecular weight excluding hydrogens is 294 g/mol. The van der Waals surface area contributed by atoms with Gasteiger partial charge in [0.1, 0.15) is 30.2 Å². The smallest absolute Gasteiger partial charge is 0.303 e. The Kier molecular flexibility index (Phi) is 2.94. The molecule has 23 heavy (non-hydrogen) atoms. The summed E-state index contributed by atoms with van der Waals surface area (Å²) in [6.45, 7) is 7.72. The molecule has 120 valence electrons. The molecule has 0 bridgehead atoms. The van der Waals surface area contributed by atoms with Gasteiger partial charge >= 0.3 is 5.97 Å². The number of esters is 1. The standard InChI is InChI=1S/C18H19NO4/c1-9-5-11(8-21-10(2)20)19-14-6-13-15(7-12(9)14)23-18(3,4)17-16(13)22-17/h5-7,16-17H,8H2,1-4H3. The largest absolute Gasteiger partial charge is 0.485 e. The summed E-state index contributed by atoms with van der Waals surface area (Å²) in [5.74, 6) is 0.568. The van der Waals surface area contributed by atoms with Gasteiger partial charge in [-0.15, -0.1) is 0 Å². The van der Waals surface area contributed by atoms with Gasteiger partial charge in [-0.2, -0.15) is 0 Å². The summed E-state index contributed by atoms with van der Waals surface area (Å²) in [5, 5.41) is 1.05. The number of ether oxygens (including phenoxy) is 3. The maximum Gasteiger partial charge on any atom is 0.303 e. The van der Waals surface area contributed by atoms with Crippen LogP contribution in [0.5, 0.6) is 5.75 Å². The Morgan fingerprint density at radius 3 is 2.87 bits per heavy atom. The van der Waals surface area contributed by atoms with Crippen molar-refractivity contribution in [3.05, 3.63) is 35.0 Å². The molecule has 0 N–H and O–H groups in total. The highest BCUT2D eigenvalue weighted by atomic mass is 16.6. The molecule has 3 heterocycles. The number of rotatable bonds is 2. The third-order valence-corrected chi connectivity index (χ3v) is 4.48. The monoisotopic (exact) mass is 313 g/mol. The first-order valence-corrected chi connectivity index (χ1v) is 7.77. The molecule has 5 heteroatoms. The van der Waals surface area contributed by atoms with Crippen LogP contribution in [0.15, 0.2) is 18.2 Å². The summed E-state index contributed by atoms with van der Waals surface area (Å²) in [5.41, 5.74) is 3.46. The average Bonchev–Trinajstić information content (AvgIpc) is 3.26. The van der Waals surface area contributed by atoms with Crippen LogP contribution < -0.4 is 4.74 Å². The summed E-state index contributed by atoms with van der Waals surface area (Å²) < 4.78 is 17.0. The van der Waals surface area contributed by atoms with Crippen LogP contribution in [0.4, 0.5) is 0 Å². The molecule has 1 saturated heterocycles. The maximum absolute atomic E-state index is 11.0. The second kappa shape index (κ2) is 4.68. The Hall–Kier alpha value is -2.14. The zero-order valence-electron chi connectivity index (χ0n) is 13.7. The topological polar surface area (TPSA) is 61.0 Å². The average molecular weight is 313 g/mol. The number of hydrogen-bond donors (Lipinski definition) is 0. The third kappa shape index (κ3) is 2.36. The van der Waals surface area contributed by atoms with Crippen molar-refractivity contribution in [1.82, 2.24) is 4.98 Å². The van der Waals surface area contributed by atoms with Crippen molar-refractivity contribution in [2.45, 2.75) is 52.1 Å². The van der Waals surface area contributed by atoms with Crippen LogP contribution >= 0.6 is 0 Å². The third-order valence-electron chi connectivity index (χ3n) is 4.48. The Labute approximate surface area is 134 Å². The number of aryl methyl sites for hydroxylation is 1. The predicted molar refractivity (Wildman–Crippen MR) is 84.3 cm³/mol. The maximum atomic E-state index is 11.0. The number of benzene rings is 1.